The van der Waals surface area contributed by atoms with Crippen LogP contribution >= 0.6 is 23.2 Å². The van der Waals surface area contributed by atoms with Gasteiger partial charge in [-0.15, -0.1) is 0 Å². The molecule has 1 saturated carbocycles. The molecule has 2 amide bonds. The lowest BCUT2D eigenvalue weighted by atomic mass is 9.85. The molecule has 0 atom stereocenters. The van der Waals surface area contributed by atoms with Crippen molar-refractivity contribution in [3.8, 4) is 0 Å². The fourth-order valence-corrected chi connectivity index (χ4v) is 6.29. The Hall–Kier alpha value is -3.59. The van der Waals surface area contributed by atoms with Crippen molar-refractivity contribution in [2.75, 3.05) is 23.3 Å². The summed E-state index contributed by atoms with van der Waals surface area (Å²) in [7, 11) is 0. The van der Waals surface area contributed by atoms with E-state index in [-0.39, 0.29) is 89.3 Å². The van der Waals surface area contributed by atoms with Crippen LogP contribution in [0.4, 0.5) is 44.2 Å². The van der Waals surface area contributed by atoms with Crippen LogP contribution in [0.15, 0.2) is 12.1 Å². The van der Waals surface area contributed by atoms with Gasteiger partial charge in [0, 0.05) is 25.7 Å². The Morgan fingerprint density at radius 3 is 2.31 bits per heavy atom. The number of amides is 2. The molecule has 10 nitrogen and oxygen atoms in total. The van der Waals surface area contributed by atoms with Gasteiger partial charge in [-0.1, -0.05) is 23.2 Å². The van der Waals surface area contributed by atoms with E-state index in [9.17, 15) is 31.5 Å². The van der Waals surface area contributed by atoms with Crippen LogP contribution in [0.25, 0.3) is 11.2 Å². The van der Waals surface area contributed by atoms with Crippen LogP contribution in [0, 0.1) is 11.7 Å². The molecular formula is C31H36Cl2F5N7O3. The van der Waals surface area contributed by atoms with Gasteiger partial charge in [0.05, 0.1) is 27.7 Å². The van der Waals surface area contributed by atoms with Crippen molar-refractivity contribution in [1.29, 1.82) is 0 Å². The van der Waals surface area contributed by atoms with Crippen molar-refractivity contribution in [1.82, 2.24) is 25.6 Å². The molecule has 0 spiro atoms. The van der Waals surface area contributed by atoms with Gasteiger partial charge in [-0.2, -0.15) is 18.2 Å². The highest BCUT2D eigenvalue weighted by Gasteiger charge is 2.41. The maximum atomic E-state index is 14.9. The molecule has 4 N–H and O–H groups in total. The third-order valence-corrected chi connectivity index (χ3v) is 9.05. The molecule has 262 valence electrons. The van der Waals surface area contributed by atoms with Crippen LogP contribution < -0.4 is 20.9 Å². The number of aromatic amines is 1. The minimum Gasteiger partial charge on any atom is -0.444 e. The number of H-pyrrole nitrogens is 1. The minimum absolute atomic E-state index is 0.000896. The number of aromatic nitrogens is 3. The van der Waals surface area contributed by atoms with E-state index in [1.807, 2.05) is 0 Å². The zero-order chi connectivity index (χ0) is 35.0. The predicted molar refractivity (Wildman–Crippen MR) is 172 cm³/mol. The predicted octanol–water partition coefficient (Wildman–Crippen LogP) is 7.96. The van der Waals surface area contributed by atoms with Gasteiger partial charge in [0.15, 0.2) is 5.65 Å². The maximum Gasteiger partial charge on any atom is 0.407 e. The topological polar surface area (TPSA) is 124 Å². The van der Waals surface area contributed by atoms with E-state index in [0.29, 0.717) is 18.6 Å². The number of piperidine rings is 1. The summed E-state index contributed by atoms with van der Waals surface area (Å²) in [6.45, 7) is 5.50. The lowest BCUT2D eigenvalue weighted by Crippen LogP contribution is -2.41. The summed E-state index contributed by atoms with van der Waals surface area (Å²) in [5.74, 6) is -2.43. The second kappa shape index (κ2) is 14.1. The molecule has 0 bridgehead atoms. The first-order valence-electron chi connectivity index (χ1n) is 15.6. The molecule has 2 aliphatic rings. The molecule has 17 heteroatoms. The molecule has 5 rings (SSSR count). The van der Waals surface area contributed by atoms with Crippen molar-refractivity contribution in [3.05, 3.63) is 39.1 Å². The smallest absolute Gasteiger partial charge is 0.407 e. The summed E-state index contributed by atoms with van der Waals surface area (Å²) in [5.41, 5.74) is 0.0290. The Bertz CT molecular complexity index is 1660. The fraction of sp³-hybridized carbons (Fsp3) is 0.548. The molecule has 0 unspecified atom stereocenters. The van der Waals surface area contributed by atoms with Crippen LogP contribution in [0.3, 0.4) is 0 Å². The lowest BCUT2D eigenvalue weighted by Gasteiger charge is -2.32. The van der Waals surface area contributed by atoms with Crippen molar-refractivity contribution < 1.29 is 36.3 Å². The van der Waals surface area contributed by atoms with E-state index in [1.54, 1.807) is 25.7 Å². The van der Waals surface area contributed by atoms with Crippen LogP contribution in [0.2, 0.25) is 10.0 Å². The first-order chi connectivity index (χ1) is 22.5. The van der Waals surface area contributed by atoms with Gasteiger partial charge in [-0.25, -0.2) is 18.6 Å². The first-order valence-corrected chi connectivity index (χ1v) is 16.3. The summed E-state index contributed by atoms with van der Waals surface area (Å²) >= 11 is 12.8. The summed E-state index contributed by atoms with van der Waals surface area (Å²) in [5, 5.41) is 7.89. The molecule has 1 aromatic carbocycles. The average molecular weight is 721 g/mol. The zero-order valence-electron chi connectivity index (χ0n) is 26.5. The summed E-state index contributed by atoms with van der Waals surface area (Å²) in [6.07, 6.45) is -5.33. The highest BCUT2D eigenvalue weighted by Crippen LogP contribution is 2.39. The number of halogens is 7. The van der Waals surface area contributed by atoms with Gasteiger partial charge in [-0.3, -0.25) is 4.79 Å². The normalized spacial score (nSPS) is 19.3. The molecule has 3 aromatic rings. The van der Waals surface area contributed by atoms with Crippen molar-refractivity contribution in [2.24, 2.45) is 5.92 Å². The number of fused-ring (bicyclic) bond motifs is 1. The molecule has 2 aromatic heterocycles. The zero-order valence-corrected chi connectivity index (χ0v) is 28.0. The Kier molecular flexibility index (Phi) is 10.5. The number of alkyl carbamates (subject to hydrolysis) is 1. The third-order valence-electron chi connectivity index (χ3n) is 8.24. The average Bonchev–Trinajstić information content (AvgIpc) is 3.40. The van der Waals surface area contributed by atoms with Gasteiger partial charge in [0.25, 0.3) is 5.91 Å². The van der Waals surface area contributed by atoms with E-state index in [1.165, 1.54) is 6.07 Å². The molecule has 3 heterocycles. The SMILES string of the molecule is CC(C)(C)OC(=O)NCc1cc(F)c(Cl)c(Nc2nc3nc(N4CCC(F)CC4)c(C(=O)NC4CCC(C(F)(F)F)CC4)cc3[nH]2)c1Cl. The van der Waals surface area contributed by atoms with Gasteiger partial charge < -0.3 is 30.6 Å². The number of hydrogen-bond donors (Lipinski definition) is 4. The quantitative estimate of drug-likeness (QED) is 0.144. The number of benzene rings is 1. The largest absolute Gasteiger partial charge is 0.444 e. The number of ether oxygens (including phenoxy) is 1. The molecule has 48 heavy (non-hydrogen) atoms. The Balaban J connectivity index is 1.40. The Morgan fingerprint density at radius 1 is 1.02 bits per heavy atom. The number of anilines is 3. The number of carbonyl (C=O) groups is 2. The van der Waals surface area contributed by atoms with Gasteiger partial charge in [0.1, 0.15) is 28.4 Å². The van der Waals surface area contributed by atoms with Gasteiger partial charge in [0.2, 0.25) is 5.95 Å². The summed E-state index contributed by atoms with van der Waals surface area (Å²) in [6, 6.07) is 2.14. The number of pyridine rings is 1. The van der Waals surface area contributed by atoms with E-state index in [2.05, 4.69) is 30.9 Å². The van der Waals surface area contributed by atoms with E-state index < -0.39 is 47.7 Å². The highest BCUT2D eigenvalue weighted by molar-refractivity contribution is 6.39. The van der Waals surface area contributed by atoms with Gasteiger partial charge >= 0.3 is 12.3 Å². The Morgan fingerprint density at radius 2 is 1.69 bits per heavy atom. The molecule has 0 radical (unpaired) electrons. The van der Waals surface area contributed by atoms with Crippen LogP contribution in [-0.2, 0) is 11.3 Å². The molecule has 1 aliphatic heterocycles. The minimum atomic E-state index is -4.27. The van der Waals surface area contributed by atoms with Crippen LogP contribution in [0.1, 0.15) is 75.2 Å². The number of nitrogens with zero attached hydrogens (tertiary/aromatic N) is 3. The fourth-order valence-electron chi connectivity index (χ4n) is 5.78. The van der Waals surface area contributed by atoms with Crippen LogP contribution in [-0.4, -0.2) is 64.0 Å². The molecule has 1 aliphatic carbocycles. The molecular weight excluding hydrogens is 684 g/mol. The van der Waals surface area contributed by atoms with Crippen LogP contribution in [0.5, 0.6) is 0 Å². The lowest BCUT2D eigenvalue weighted by molar-refractivity contribution is -0.182. The number of imidazole rings is 1. The third kappa shape index (κ3) is 8.52. The van der Waals surface area contributed by atoms with Crippen molar-refractivity contribution in [2.45, 2.75) is 89.8 Å². The number of carbonyl (C=O) groups excluding carboxylic acids is 2. The van der Waals surface area contributed by atoms with E-state index in [0.717, 1.165) is 6.07 Å². The summed E-state index contributed by atoms with van der Waals surface area (Å²) < 4.78 is 73.6. The Labute approximate surface area is 283 Å². The number of rotatable bonds is 7. The second-order valence-corrected chi connectivity index (χ2v) is 13.8. The number of alkyl halides is 4. The monoisotopic (exact) mass is 719 g/mol. The van der Waals surface area contributed by atoms with Gasteiger partial charge in [-0.05, 0) is 77.0 Å². The van der Waals surface area contributed by atoms with E-state index in [4.69, 9.17) is 27.9 Å². The standard InChI is InChI=1S/C31H36Cl2F5N7O3/c1-30(2,3)48-29(47)39-14-15-12-20(35)23(33)24(22(15)32)42-28-41-21-13-19(26(43-25(21)44-28)45-10-8-17(34)9-11-45)27(46)40-18-6-4-16(5-7-18)31(36,37)38/h12-13,16-18H,4-11,14H2,1-3H3,(H,39,47)(H,40,46)(H2,41,42,43,44). The van der Waals surface area contributed by atoms with Crippen molar-refractivity contribution >= 4 is 63.8 Å². The first kappa shape index (κ1) is 35.7. The molecule has 1 saturated heterocycles. The summed E-state index contributed by atoms with van der Waals surface area (Å²) in [4.78, 5) is 39.5. The number of hydrogen-bond acceptors (Lipinski definition) is 7. The highest BCUT2D eigenvalue weighted by atomic mass is 35.5. The maximum absolute atomic E-state index is 14.9. The number of nitrogens with one attached hydrogen (secondary N) is 4. The molecule has 2 fully saturated rings. The van der Waals surface area contributed by atoms with Crippen molar-refractivity contribution in [3.63, 3.8) is 0 Å². The van der Waals surface area contributed by atoms with E-state index >= 15 is 0 Å². The second-order valence-electron chi connectivity index (χ2n) is 13.0.